The third-order valence-corrected chi connectivity index (χ3v) is 7.29. The van der Waals surface area contributed by atoms with Crippen LogP contribution >= 0.6 is 11.3 Å². The molecular formula is C24H29F3N6O2S. The Bertz CT molecular complexity index is 1270. The Kier molecular flexibility index (Phi) is 7.11. The van der Waals surface area contributed by atoms with Crippen LogP contribution < -0.4 is 15.0 Å². The van der Waals surface area contributed by atoms with E-state index in [-0.39, 0.29) is 19.4 Å². The van der Waals surface area contributed by atoms with Gasteiger partial charge in [0, 0.05) is 30.7 Å². The molecule has 4 rings (SSSR count). The average molecular weight is 523 g/mol. The molecule has 1 saturated carbocycles. The Labute approximate surface area is 211 Å². The summed E-state index contributed by atoms with van der Waals surface area (Å²) in [4.78, 5) is 31.7. The summed E-state index contributed by atoms with van der Waals surface area (Å²) >= 11 is 1.49. The topological polar surface area (TPSA) is 83.5 Å². The van der Waals surface area contributed by atoms with Crippen molar-refractivity contribution in [1.29, 1.82) is 0 Å². The SMILES string of the molecule is Cc1sc2nc(-c3cc(OCCN(C)C)ccn3)nc(N(C)CC(=O)NC3(C(F)(F)F)CC3)c2c1C. The standard InChI is InChI=1S/C24H29F3N6O2S/c1-14-15(2)36-22-19(14)21(33(5)13-18(34)31-23(7-8-23)24(25,26)27)29-20(30-22)17-12-16(6-9-28-17)35-11-10-32(3)4/h6,9,12H,7-8,10-11,13H2,1-5H3,(H,31,34). The van der Waals surface area contributed by atoms with E-state index in [9.17, 15) is 18.0 Å². The second-order valence-electron chi connectivity index (χ2n) is 9.35. The molecule has 0 atom stereocenters. The van der Waals surface area contributed by atoms with Gasteiger partial charge in [0.2, 0.25) is 5.91 Å². The lowest BCUT2D eigenvalue weighted by Crippen LogP contribution is -2.50. The number of nitrogens with one attached hydrogen (secondary N) is 1. The highest BCUT2D eigenvalue weighted by atomic mass is 32.1. The molecule has 0 unspecified atom stereocenters. The van der Waals surface area contributed by atoms with Crippen LogP contribution in [0.25, 0.3) is 21.7 Å². The number of pyridine rings is 1. The van der Waals surface area contributed by atoms with Crippen LogP contribution in [-0.2, 0) is 4.79 Å². The minimum Gasteiger partial charge on any atom is -0.492 e. The largest absolute Gasteiger partial charge is 0.492 e. The molecule has 0 radical (unpaired) electrons. The molecule has 1 amide bonds. The fourth-order valence-corrected chi connectivity index (χ4v) is 4.81. The van der Waals surface area contributed by atoms with E-state index >= 15 is 0 Å². The van der Waals surface area contributed by atoms with Crippen LogP contribution in [0.5, 0.6) is 5.75 Å². The average Bonchev–Trinajstić information content (AvgIpc) is 3.52. The number of fused-ring (bicyclic) bond motifs is 1. The van der Waals surface area contributed by atoms with E-state index in [1.54, 1.807) is 30.3 Å². The van der Waals surface area contributed by atoms with E-state index in [1.807, 2.05) is 32.8 Å². The number of rotatable bonds is 9. The number of carbonyl (C=O) groups is 1. The lowest BCUT2D eigenvalue weighted by Gasteiger charge is -2.24. The van der Waals surface area contributed by atoms with Crippen molar-refractivity contribution >= 4 is 33.3 Å². The van der Waals surface area contributed by atoms with E-state index in [0.717, 1.165) is 22.4 Å². The highest BCUT2D eigenvalue weighted by molar-refractivity contribution is 7.18. The number of alkyl halides is 3. The molecule has 8 nitrogen and oxygen atoms in total. The maximum absolute atomic E-state index is 13.3. The summed E-state index contributed by atoms with van der Waals surface area (Å²) in [6, 6.07) is 3.50. The van der Waals surface area contributed by atoms with Gasteiger partial charge in [-0.1, -0.05) is 0 Å². The zero-order chi connectivity index (χ0) is 26.3. The van der Waals surface area contributed by atoms with Crippen molar-refractivity contribution < 1.29 is 22.7 Å². The van der Waals surface area contributed by atoms with Crippen LogP contribution in [0, 0.1) is 13.8 Å². The zero-order valence-electron chi connectivity index (χ0n) is 20.9. The zero-order valence-corrected chi connectivity index (χ0v) is 21.7. The first-order valence-corrected chi connectivity index (χ1v) is 12.3. The Morgan fingerprint density at radius 3 is 2.58 bits per heavy atom. The smallest absolute Gasteiger partial charge is 0.411 e. The van der Waals surface area contributed by atoms with Gasteiger partial charge in [0.1, 0.15) is 34.2 Å². The van der Waals surface area contributed by atoms with Gasteiger partial charge in [-0.2, -0.15) is 13.2 Å². The van der Waals surface area contributed by atoms with Crippen molar-refractivity contribution in [3.63, 3.8) is 0 Å². The second-order valence-corrected chi connectivity index (χ2v) is 10.6. The lowest BCUT2D eigenvalue weighted by atomic mass is 10.2. The quantitative estimate of drug-likeness (QED) is 0.456. The molecule has 0 saturated heterocycles. The molecule has 0 spiro atoms. The maximum Gasteiger partial charge on any atom is 0.411 e. The van der Waals surface area contributed by atoms with Crippen molar-refractivity contribution in [3.05, 3.63) is 28.8 Å². The number of ether oxygens (including phenoxy) is 1. The molecule has 12 heteroatoms. The predicted molar refractivity (Wildman–Crippen MR) is 134 cm³/mol. The Morgan fingerprint density at radius 2 is 1.94 bits per heavy atom. The second kappa shape index (κ2) is 9.81. The van der Waals surface area contributed by atoms with Crippen LogP contribution in [-0.4, -0.2) is 78.3 Å². The molecule has 3 aromatic heterocycles. The van der Waals surface area contributed by atoms with E-state index in [4.69, 9.17) is 14.7 Å². The molecule has 36 heavy (non-hydrogen) atoms. The third-order valence-electron chi connectivity index (χ3n) is 6.19. The van der Waals surface area contributed by atoms with Crippen molar-refractivity contribution in [2.24, 2.45) is 0 Å². The Hall–Kier alpha value is -2.99. The number of aryl methyl sites for hydroxylation is 2. The number of halogens is 3. The van der Waals surface area contributed by atoms with Gasteiger partial charge in [0.25, 0.3) is 0 Å². The van der Waals surface area contributed by atoms with Crippen LogP contribution in [0.15, 0.2) is 18.3 Å². The highest BCUT2D eigenvalue weighted by Crippen LogP contribution is 2.49. The molecule has 194 valence electrons. The Morgan fingerprint density at radius 1 is 1.22 bits per heavy atom. The summed E-state index contributed by atoms with van der Waals surface area (Å²) in [5.74, 6) is 0.725. The number of likely N-dealkylation sites (N-methyl/N-ethyl adjacent to an activating group) is 2. The summed E-state index contributed by atoms with van der Waals surface area (Å²) in [7, 11) is 5.56. The summed E-state index contributed by atoms with van der Waals surface area (Å²) in [5.41, 5.74) is -0.648. The summed E-state index contributed by atoms with van der Waals surface area (Å²) in [6.45, 7) is 4.88. The minimum absolute atomic E-state index is 0.102. The molecule has 0 bridgehead atoms. The van der Waals surface area contributed by atoms with Crippen LogP contribution in [0.2, 0.25) is 0 Å². The van der Waals surface area contributed by atoms with E-state index < -0.39 is 17.6 Å². The van der Waals surface area contributed by atoms with Gasteiger partial charge in [-0.3, -0.25) is 9.78 Å². The predicted octanol–water partition coefficient (Wildman–Crippen LogP) is 3.96. The van der Waals surface area contributed by atoms with E-state index in [1.165, 1.54) is 11.3 Å². The van der Waals surface area contributed by atoms with E-state index in [2.05, 4.69) is 10.3 Å². The van der Waals surface area contributed by atoms with Crippen LogP contribution in [0.3, 0.4) is 0 Å². The molecule has 3 heterocycles. The van der Waals surface area contributed by atoms with Crippen LogP contribution in [0.4, 0.5) is 19.0 Å². The number of amides is 1. The maximum atomic E-state index is 13.3. The van der Waals surface area contributed by atoms with Gasteiger partial charge >= 0.3 is 6.18 Å². The summed E-state index contributed by atoms with van der Waals surface area (Å²) in [5, 5.41) is 2.95. The molecule has 0 aromatic carbocycles. The number of carbonyl (C=O) groups excluding carboxylic acids is 1. The molecule has 1 N–H and O–H groups in total. The number of hydrogen-bond acceptors (Lipinski definition) is 8. The van der Waals surface area contributed by atoms with Gasteiger partial charge in [0.15, 0.2) is 5.82 Å². The first-order valence-electron chi connectivity index (χ1n) is 11.5. The van der Waals surface area contributed by atoms with Gasteiger partial charge in [-0.05, 0) is 52.4 Å². The van der Waals surface area contributed by atoms with Gasteiger partial charge in [-0.15, -0.1) is 11.3 Å². The molecule has 1 fully saturated rings. The van der Waals surface area contributed by atoms with Crippen LogP contribution in [0.1, 0.15) is 23.3 Å². The van der Waals surface area contributed by atoms with Crippen molar-refractivity contribution in [2.75, 3.05) is 45.7 Å². The third kappa shape index (κ3) is 5.39. The molecular weight excluding hydrogens is 493 g/mol. The first kappa shape index (κ1) is 26.1. The number of hydrogen-bond donors (Lipinski definition) is 1. The summed E-state index contributed by atoms with van der Waals surface area (Å²) < 4.78 is 45.7. The molecule has 1 aliphatic rings. The number of aromatic nitrogens is 3. The summed E-state index contributed by atoms with van der Waals surface area (Å²) in [6.07, 6.45) is -3.06. The molecule has 3 aromatic rings. The number of nitrogens with zero attached hydrogens (tertiary/aromatic N) is 5. The van der Waals surface area contributed by atoms with Crippen molar-refractivity contribution in [3.8, 4) is 17.3 Å². The van der Waals surface area contributed by atoms with Crippen molar-refractivity contribution in [1.82, 2.24) is 25.2 Å². The normalized spacial score (nSPS) is 14.8. The minimum atomic E-state index is -4.47. The fraction of sp³-hybridized carbons (Fsp3) is 0.500. The van der Waals surface area contributed by atoms with Gasteiger partial charge in [-0.25, -0.2) is 9.97 Å². The fourth-order valence-electron chi connectivity index (χ4n) is 3.79. The number of anilines is 1. The molecule has 0 aliphatic heterocycles. The lowest BCUT2D eigenvalue weighted by molar-refractivity contribution is -0.170. The van der Waals surface area contributed by atoms with Crippen molar-refractivity contribution in [2.45, 2.75) is 38.4 Å². The molecule has 1 aliphatic carbocycles. The van der Waals surface area contributed by atoms with Gasteiger partial charge in [0.05, 0.1) is 11.9 Å². The first-order chi connectivity index (χ1) is 16.9. The Balaban J connectivity index is 1.63. The van der Waals surface area contributed by atoms with Gasteiger partial charge < -0.3 is 19.9 Å². The number of thiophene rings is 1. The highest BCUT2D eigenvalue weighted by Gasteiger charge is 2.64. The van der Waals surface area contributed by atoms with E-state index in [0.29, 0.717) is 34.5 Å². The monoisotopic (exact) mass is 522 g/mol.